The molecule has 490 valence electrons. The Bertz CT molecular complexity index is 2450. The van der Waals surface area contributed by atoms with Crippen molar-refractivity contribution in [3.63, 3.8) is 0 Å². The number of carbonyl (C=O) groups is 12. The smallest absolute Gasteiger partial charge is 0.311 e. The fourth-order valence-electron chi connectivity index (χ4n) is 8.71. The number of aliphatic hydroxyl groups excluding tert-OH is 2. The van der Waals surface area contributed by atoms with Gasteiger partial charge in [-0.05, 0) is 123 Å². The average Bonchev–Trinajstić information content (AvgIpc) is 2.86. The number of carbonyl (C=O) groups excluding carboxylic acids is 12. The summed E-state index contributed by atoms with van der Waals surface area (Å²) in [6, 6.07) is -6.69. The van der Waals surface area contributed by atoms with Crippen molar-refractivity contribution in [3.05, 3.63) is 35.9 Å². The lowest BCUT2D eigenvalue weighted by Crippen LogP contribution is -2.62. The minimum atomic E-state index is -1.78. The molecule has 0 bridgehead atoms. The van der Waals surface area contributed by atoms with Crippen molar-refractivity contribution in [2.45, 2.75) is 185 Å². The van der Waals surface area contributed by atoms with Crippen LogP contribution in [0.2, 0.25) is 0 Å². The first-order valence-electron chi connectivity index (χ1n) is 29.5. The maximum atomic E-state index is 14.5. The van der Waals surface area contributed by atoms with Gasteiger partial charge in [-0.3, -0.25) is 57.5 Å². The molecule has 0 radical (unpaired) electrons. The zero-order valence-electron chi connectivity index (χ0n) is 51.0. The molecule has 1 aromatic rings. The van der Waals surface area contributed by atoms with Gasteiger partial charge >= 0.3 is 5.97 Å². The van der Waals surface area contributed by atoms with Gasteiger partial charge in [0.05, 0.1) is 24.0 Å². The Kier molecular flexibility index (Phi) is 33.6. The van der Waals surface area contributed by atoms with Crippen LogP contribution < -0.4 is 87.2 Å². The van der Waals surface area contributed by atoms with Crippen LogP contribution in [0.5, 0.6) is 0 Å². The number of aliphatic hydroxyl groups is 2. The zero-order chi connectivity index (χ0) is 65.6. The SMILES string of the molecule is CCC(C)(C)C(=O)OCCC(=O)N[C@@H](CCN)C(=O)N[C@H](C(=O)N[C@@H](CCN)C(=O)N[C@H]1CCNC(=O)[C@H](C(C)O)NC(=O)[C@H](CCN)NC(=O)[C@H](CCN)NC(=O)[C@H](CC(C)C)NC(=O)[C@@H](Cc2ccccc2)NC(=O)[C@H](CCN)NC1=O)C(C)O. The van der Waals surface area contributed by atoms with Crippen LogP contribution in [0.25, 0.3) is 0 Å². The summed E-state index contributed by atoms with van der Waals surface area (Å²) in [6.07, 6.45) is -4.67. The van der Waals surface area contributed by atoms with Crippen molar-refractivity contribution in [2.24, 2.45) is 40.0 Å². The highest BCUT2D eigenvalue weighted by Crippen LogP contribution is 2.21. The van der Waals surface area contributed by atoms with Crippen molar-refractivity contribution in [3.8, 4) is 0 Å². The van der Waals surface area contributed by atoms with E-state index in [4.69, 9.17) is 33.4 Å². The summed E-state index contributed by atoms with van der Waals surface area (Å²) >= 11 is 0. The third-order valence-corrected chi connectivity index (χ3v) is 14.2. The lowest BCUT2D eigenvalue weighted by atomic mass is 9.91. The molecule has 11 amide bonds. The third kappa shape index (κ3) is 26.2. The minimum absolute atomic E-state index is 0.0337. The third-order valence-electron chi connectivity index (χ3n) is 14.2. The van der Waals surface area contributed by atoms with E-state index in [-0.39, 0.29) is 96.6 Å². The molecule has 0 aliphatic carbocycles. The molecule has 1 heterocycles. The van der Waals surface area contributed by atoms with Gasteiger partial charge in [0.25, 0.3) is 0 Å². The number of nitrogens with one attached hydrogen (secondary N) is 11. The van der Waals surface area contributed by atoms with Crippen LogP contribution in [-0.4, -0.2) is 200 Å². The normalized spacial score (nSPS) is 22.4. The summed E-state index contributed by atoms with van der Waals surface area (Å²) in [5.41, 5.74) is 29.1. The van der Waals surface area contributed by atoms with Crippen molar-refractivity contribution < 1.29 is 72.5 Å². The molecule has 12 atom stereocenters. The van der Waals surface area contributed by atoms with Gasteiger partial charge in [0.2, 0.25) is 65.0 Å². The molecule has 1 saturated heterocycles. The predicted octanol–water partition coefficient (Wildman–Crippen LogP) is -6.48. The Morgan fingerprint density at radius 3 is 1.59 bits per heavy atom. The van der Waals surface area contributed by atoms with E-state index >= 15 is 0 Å². The molecule has 0 saturated carbocycles. The van der Waals surface area contributed by atoms with E-state index in [0.717, 1.165) is 6.92 Å². The molecule has 0 spiro atoms. The molecule has 0 aromatic heterocycles. The van der Waals surface area contributed by atoms with Gasteiger partial charge in [-0.25, -0.2) is 0 Å². The van der Waals surface area contributed by atoms with Crippen LogP contribution >= 0.6 is 0 Å². The van der Waals surface area contributed by atoms with E-state index in [0.29, 0.717) is 12.0 Å². The molecule has 31 nitrogen and oxygen atoms in total. The number of benzene rings is 1. The average molecular weight is 1230 g/mol. The Balaban J connectivity index is 2.67. The monoisotopic (exact) mass is 1230 g/mol. The second kappa shape index (κ2) is 38.7. The fourth-order valence-corrected chi connectivity index (χ4v) is 8.71. The van der Waals surface area contributed by atoms with E-state index < -0.39 is 162 Å². The lowest BCUT2D eigenvalue weighted by Gasteiger charge is -2.29. The highest BCUT2D eigenvalue weighted by Gasteiger charge is 2.38. The van der Waals surface area contributed by atoms with Gasteiger partial charge in [-0.2, -0.15) is 0 Å². The van der Waals surface area contributed by atoms with E-state index in [2.05, 4.69) is 58.5 Å². The molecule has 1 aromatic carbocycles. The van der Waals surface area contributed by atoms with E-state index in [1.807, 2.05) is 0 Å². The number of rotatable bonds is 28. The van der Waals surface area contributed by atoms with Gasteiger partial charge in [0.1, 0.15) is 67.0 Å². The highest BCUT2D eigenvalue weighted by atomic mass is 16.5. The minimum Gasteiger partial charge on any atom is -0.465 e. The molecule has 23 N–H and O–H groups in total. The van der Waals surface area contributed by atoms with Gasteiger partial charge in [-0.15, -0.1) is 0 Å². The van der Waals surface area contributed by atoms with Gasteiger partial charge in [-0.1, -0.05) is 51.1 Å². The number of nitrogens with two attached hydrogens (primary N) is 5. The maximum absolute atomic E-state index is 14.5. The summed E-state index contributed by atoms with van der Waals surface area (Å²) in [6.45, 7) is 9.40. The Morgan fingerprint density at radius 2 is 1.09 bits per heavy atom. The molecule has 1 fully saturated rings. The second-order valence-corrected chi connectivity index (χ2v) is 22.4. The molecular formula is C56H96N16O15. The number of hydrogen-bond donors (Lipinski definition) is 18. The van der Waals surface area contributed by atoms with Crippen LogP contribution in [0.4, 0.5) is 0 Å². The van der Waals surface area contributed by atoms with E-state index in [1.54, 1.807) is 65.0 Å². The summed E-state index contributed by atoms with van der Waals surface area (Å²) in [5, 5.41) is 49.3. The van der Waals surface area contributed by atoms with Gasteiger partial charge in [0.15, 0.2) is 0 Å². The standard InChI is InChI=1S/C56H96N16O15/c1-8-56(6,7)55(86)87-27-20-42(75)63-34(14-21-57)49(80)72-44(32(5)74)54(85)68-37(17-24-60)46(77)67-39-19-26-62-53(84)43(31(4)73)71-50(81)38(18-25-61)65-45(76)35(15-22-58)66-51(82)40(28-30(2)3)69-52(83)41(29-33-12-10-9-11-13-33)70-47(78)36(16-23-59)64-48(39)79/h9-13,30-32,34-41,43-44,73-74H,8,14-29,57-61H2,1-7H3,(H,62,84)(H,63,75)(H,64,79)(H,65,76)(H,66,82)(H,67,77)(H,68,85)(H,69,83)(H,70,78)(H,71,81)(H,72,80)/t31?,32?,34-,35-,36-,37-,38-,39-,40-,41+,43-,44-/m0/s1. The summed E-state index contributed by atoms with van der Waals surface area (Å²) in [4.78, 5) is 166. The number of esters is 1. The van der Waals surface area contributed by atoms with Crippen LogP contribution in [-0.2, 0) is 68.7 Å². The van der Waals surface area contributed by atoms with E-state index in [9.17, 15) is 67.7 Å². The summed E-state index contributed by atoms with van der Waals surface area (Å²) in [5.74, 6) is -11.1. The maximum Gasteiger partial charge on any atom is 0.311 e. The van der Waals surface area contributed by atoms with Gasteiger partial charge in [0, 0.05) is 13.0 Å². The molecule has 2 rings (SSSR count). The van der Waals surface area contributed by atoms with Crippen molar-refractivity contribution >= 4 is 70.9 Å². The van der Waals surface area contributed by atoms with Crippen LogP contribution in [0, 0.1) is 11.3 Å². The first-order chi connectivity index (χ1) is 41.1. The lowest BCUT2D eigenvalue weighted by molar-refractivity contribution is -0.154. The van der Waals surface area contributed by atoms with Crippen LogP contribution in [0.3, 0.4) is 0 Å². The van der Waals surface area contributed by atoms with E-state index in [1.165, 1.54) is 6.92 Å². The van der Waals surface area contributed by atoms with Crippen LogP contribution in [0.15, 0.2) is 30.3 Å². The van der Waals surface area contributed by atoms with Crippen molar-refractivity contribution in [1.82, 2.24) is 58.5 Å². The van der Waals surface area contributed by atoms with Crippen molar-refractivity contribution in [2.75, 3.05) is 45.9 Å². The van der Waals surface area contributed by atoms with Crippen LogP contribution in [0.1, 0.15) is 112 Å². The molecule has 87 heavy (non-hydrogen) atoms. The number of amides is 11. The Morgan fingerprint density at radius 1 is 0.609 bits per heavy atom. The summed E-state index contributed by atoms with van der Waals surface area (Å²) in [7, 11) is 0. The predicted molar refractivity (Wildman–Crippen MR) is 318 cm³/mol. The fraction of sp³-hybridized carbons (Fsp3) is 0.679. The second-order valence-electron chi connectivity index (χ2n) is 22.4. The first-order valence-corrected chi connectivity index (χ1v) is 29.5. The largest absolute Gasteiger partial charge is 0.465 e. The van der Waals surface area contributed by atoms with Gasteiger partial charge < -0.3 is 102 Å². The molecular weight excluding hydrogens is 1140 g/mol. The Hall–Kier alpha value is -7.42. The first kappa shape index (κ1) is 75.7. The Labute approximate surface area is 507 Å². The highest BCUT2D eigenvalue weighted by molar-refractivity contribution is 5.99. The number of ether oxygens (including phenoxy) is 1. The molecule has 31 heteroatoms. The van der Waals surface area contributed by atoms with Crippen molar-refractivity contribution in [1.29, 1.82) is 0 Å². The zero-order valence-corrected chi connectivity index (χ0v) is 51.0. The quantitative estimate of drug-likeness (QED) is 0.0347. The molecule has 2 unspecified atom stereocenters. The molecule has 1 aliphatic rings. The summed E-state index contributed by atoms with van der Waals surface area (Å²) < 4.78 is 5.22. The topological polar surface area (TPSA) is 517 Å². The molecule has 1 aliphatic heterocycles. The number of hydrogen-bond acceptors (Lipinski definition) is 20.